The molecule has 1 aromatic heterocycles. The van der Waals surface area contributed by atoms with Crippen LogP contribution >= 0.6 is 0 Å². The van der Waals surface area contributed by atoms with E-state index in [9.17, 15) is 13.2 Å². The molecule has 0 aliphatic heterocycles. The van der Waals surface area contributed by atoms with Crippen LogP contribution in [0.4, 0.5) is 0 Å². The molecule has 1 aromatic carbocycles. The van der Waals surface area contributed by atoms with E-state index < -0.39 is 15.8 Å². The summed E-state index contributed by atoms with van der Waals surface area (Å²) in [6.45, 7) is 0.108. The van der Waals surface area contributed by atoms with Gasteiger partial charge in [0, 0.05) is 6.26 Å². The van der Waals surface area contributed by atoms with Crippen molar-refractivity contribution < 1.29 is 27.5 Å². The van der Waals surface area contributed by atoms with E-state index in [-0.39, 0.29) is 30.3 Å². The van der Waals surface area contributed by atoms with Gasteiger partial charge >= 0.3 is 5.97 Å². The van der Waals surface area contributed by atoms with Crippen molar-refractivity contribution in [3.05, 3.63) is 30.0 Å². The predicted molar refractivity (Wildman–Crippen MR) is 73.0 cm³/mol. The molecule has 0 bridgehead atoms. The lowest BCUT2D eigenvalue weighted by Crippen LogP contribution is -2.09. The fraction of sp³-hybridized carbons (Fsp3) is 0.308. The Morgan fingerprint density at radius 1 is 1.35 bits per heavy atom. The molecule has 0 radical (unpaired) electrons. The van der Waals surface area contributed by atoms with Crippen molar-refractivity contribution in [2.45, 2.75) is 6.42 Å². The molecule has 0 amide bonds. The average Bonchev–Trinajstić information content (AvgIpc) is 2.72. The van der Waals surface area contributed by atoms with Crippen LogP contribution in [0.3, 0.4) is 0 Å². The number of ether oxygens (including phenoxy) is 1. The van der Waals surface area contributed by atoms with Crippen LogP contribution in [-0.2, 0) is 9.84 Å². The standard InChI is InChI=1S/C13H14O6S/c1-20(16,17)8-4-7-18-11-9-5-2-3-6-10(9)19-12(11)13(14)15/h2-3,5-6H,4,7-8H2,1H3,(H,14,15). The molecule has 0 aliphatic rings. The van der Waals surface area contributed by atoms with Gasteiger partial charge in [-0.15, -0.1) is 0 Å². The third kappa shape index (κ3) is 3.30. The number of hydrogen-bond donors (Lipinski definition) is 1. The molecular weight excluding hydrogens is 284 g/mol. The van der Waals surface area contributed by atoms with Gasteiger partial charge in [-0.1, -0.05) is 12.1 Å². The zero-order valence-electron chi connectivity index (χ0n) is 10.8. The minimum absolute atomic E-state index is 0.00874. The van der Waals surface area contributed by atoms with Crippen LogP contribution in [0, 0.1) is 0 Å². The number of furan rings is 1. The molecule has 0 fully saturated rings. The van der Waals surface area contributed by atoms with E-state index >= 15 is 0 Å². The van der Waals surface area contributed by atoms with Gasteiger partial charge < -0.3 is 14.3 Å². The highest BCUT2D eigenvalue weighted by Crippen LogP contribution is 2.33. The number of fused-ring (bicyclic) bond motifs is 1. The Balaban J connectivity index is 2.19. The van der Waals surface area contributed by atoms with Crippen molar-refractivity contribution in [1.82, 2.24) is 0 Å². The van der Waals surface area contributed by atoms with Gasteiger partial charge in [-0.25, -0.2) is 13.2 Å². The zero-order valence-corrected chi connectivity index (χ0v) is 11.6. The van der Waals surface area contributed by atoms with Gasteiger partial charge in [0.1, 0.15) is 15.4 Å². The minimum atomic E-state index is -3.05. The van der Waals surface area contributed by atoms with Crippen molar-refractivity contribution in [1.29, 1.82) is 0 Å². The van der Waals surface area contributed by atoms with Crippen molar-refractivity contribution in [2.75, 3.05) is 18.6 Å². The third-order valence-electron chi connectivity index (χ3n) is 2.65. The maximum absolute atomic E-state index is 11.1. The van der Waals surface area contributed by atoms with Crippen LogP contribution in [0.2, 0.25) is 0 Å². The van der Waals surface area contributed by atoms with Gasteiger partial charge in [0.15, 0.2) is 5.75 Å². The Hall–Kier alpha value is -2.02. The summed E-state index contributed by atoms with van der Waals surface area (Å²) in [4.78, 5) is 11.1. The Bertz CT molecular complexity index is 728. The van der Waals surface area contributed by atoms with Crippen molar-refractivity contribution in [3.8, 4) is 5.75 Å². The maximum atomic E-state index is 11.1. The lowest BCUT2D eigenvalue weighted by atomic mass is 10.2. The summed E-state index contributed by atoms with van der Waals surface area (Å²) in [5, 5.41) is 9.64. The highest BCUT2D eigenvalue weighted by Gasteiger charge is 2.21. The number of aromatic carboxylic acids is 1. The monoisotopic (exact) mass is 298 g/mol. The number of hydrogen-bond acceptors (Lipinski definition) is 5. The SMILES string of the molecule is CS(=O)(=O)CCCOc1c(C(=O)O)oc2ccccc12. The van der Waals surface area contributed by atoms with Gasteiger partial charge in [-0.05, 0) is 18.6 Å². The summed E-state index contributed by atoms with van der Waals surface area (Å²) in [7, 11) is -3.05. The van der Waals surface area contributed by atoms with Gasteiger partial charge in [-0.2, -0.15) is 0 Å². The van der Waals surface area contributed by atoms with Gasteiger partial charge in [0.25, 0.3) is 5.76 Å². The molecule has 0 aliphatic carbocycles. The molecule has 2 rings (SSSR count). The predicted octanol–water partition coefficient (Wildman–Crippen LogP) is 1.94. The summed E-state index contributed by atoms with van der Waals surface area (Å²) in [6.07, 6.45) is 1.43. The van der Waals surface area contributed by atoms with E-state index in [0.29, 0.717) is 11.0 Å². The maximum Gasteiger partial charge on any atom is 0.375 e. The van der Waals surface area contributed by atoms with E-state index in [0.717, 1.165) is 6.26 Å². The molecule has 7 heteroatoms. The lowest BCUT2D eigenvalue weighted by Gasteiger charge is -2.04. The Morgan fingerprint density at radius 2 is 2.05 bits per heavy atom. The molecule has 0 atom stereocenters. The Labute approximate surface area is 115 Å². The highest BCUT2D eigenvalue weighted by molar-refractivity contribution is 7.90. The topological polar surface area (TPSA) is 93.8 Å². The van der Waals surface area contributed by atoms with Gasteiger partial charge in [0.05, 0.1) is 17.7 Å². The molecule has 2 aromatic rings. The molecule has 0 unspecified atom stereocenters. The van der Waals surface area contributed by atoms with Crippen LogP contribution in [-0.4, -0.2) is 38.1 Å². The zero-order chi connectivity index (χ0) is 14.8. The minimum Gasteiger partial charge on any atom is -0.489 e. The molecule has 108 valence electrons. The number of sulfone groups is 1. The second-order valence-electron chi connectivity index (χ2n) is 4.39. The Morgan fingerprint density at radius 3 is 2.70 bits per heavy atom. The van der Waals surface area contributed by atoms with Crippen LogP contribution in [0.15, 0.2) is 28.7 Å². The number of benzene rings is 1. The summed E-state index contributed by atoms with van der Waals surface area (Å²) in [5.41, 5.74) is 0.419. The highest BCUT2D eigenvalue weighted by atomic mass is 32.2. The van der Waals surface area contributed by atoms with E-state index in [1.54, 1.807) is 24.3 Å². The van der Waals surface area contributed by atoms with E-state index in [1.165, 1.54) is 0 Å². The molecule has 0 saturated heterocycles. The normalized spacial score (nSPS) is 11.7. The number of carbonyl (C=O) groups is 1. The summed E-state index contributed by atoms with van der Waals surface area (Å²) >= 11 is 0. The fourth-order valence-electron chi connectivity index (χ4n) is 1.80. The Kier molecular flexibility index (Phi) is 3.99. The number of para-hydroxylation sites is 1. The first-order chi connectivity index (χ1) is 9.38. The summed E-state index contributed by atoms with van der Waals surface area (Å²) in [5.74, 6) is -1.36. The van der Waals surface area contributed by atoms with Gasteiger partial charge in [-0.3, -0.25) is 0 Å². The van der Waals surface area contributed by atoms with Crippen LogP contribution in [0.25, 0.3) is 11.0 Å². The van der Waals surface area contributed by atoms with Crippen LogP contribution < -0.4 is 4.74 Å². The second kappa shape index (κ2) is 5.54. The van der Waals surface area contributed by atoms with Crippen molar-refractivity contribution >= 4 is 26.8 Å². The van der Waals surface area contributed by atoms with Crippen LogP contribution in [0.5, 0.6) is 5.75 Å². The lowest BCUT2D eigenvalue weighted by molar-refractivity contribution is 0.0658. The summed E-state index contributed by atoms with van der Waals surface area (Å²) in [6, 6.07) is 6.81. The largest absolute Gasteiger partial charge is 0.489 e. The van der Waals surface area contributed by atoms with Crippen molar-refractivity contribution in [2.24, 2.45) is 0 Å². The molecular formula is C13H14O6S. The number of carboxylic acids is 1. The average molecular weight is 298 g/mol. The smallest absolute Gasteiger partial charge is 0.375 e. The van der Waals surface area contributed by atoms with Crippen LogP contribution in [0.1, 0.15) is 17.0 Å². The molecule has 20 heavy (non-hydrogen) atoms. The van der Waals surface area contributed by atoms with E-state index in [4.69, 9.17) is 14.3 Å². The molecule has 1 heterocycles. The first-order valence-electron chi connectivity index (χ1n) is 5.94. The fourth-order valence-corrected chi connectivity index (χ4v) is 2.44. The first kappa shape index (κ1) is 14.4. The van der Waals surface area contributed by atoms with E-state index in [2.05, 4.69) is 0 Å². The third-order valence-corrected chi connectivity index (χ3v) is 3.68. The van der Waals surface area contributed by atoms with Gasteiger partial charge in [0.2, 0.25) is 0 Å². The first-order valence-corrected chi connectivity index (χ1v) is 8.00. The molecule has 6 nitrogen and oxygen atoms in total. The molecule has 1 N–H and O–H groups in total. The number of rotatable bonds is 6. The molecule has 0 spiro atoms. The summed E-state index contributed by atoms with van der Waals surface area (Å²) < 4.78 is 32.6. The number of carboxylic acid groups (broad SMARTS) is 1. The second-order valence-corrected chi connectivity index (χ2v) is 6.65. The van der Waals surface area contributed by atoms with Crippen molar-refractivity contribution in [3.63, 3.8) is 0 Å². The van der Waals surface area contributed by atoms with E-state index in [1.807, 2.05) is 0 Å². The molecule has 0 saturated carbocycles. The quantitative estimate of drug-likeness (QED) is 0.819.